The van der Waals surface area contributed by atoms with Gasteiger partial charge in [-0.1, -0.05) is 23.2 Å². The number of aromatic nitrogens is 1. The van der Waals surface area contributed by atoms with Gasteiger partial charge < -0.3 is 9.15 Å². The highest BCUT2D eigenvalue weighted by Crippen LogP contribution is 2.34. The first-order valence-corrected chi connectivity index (χ1v) is 11.4. The van der Waals surface area contributed by atoms with E-state index < -0.39 is 16.0 Å². The molecule has 1 aromatic heterocycles. The second kappa shape index (κ2) is 8.19. The summed E-state index contributed by atoms with van der Waals surface area (Å²) in [6, 6.07) is 9.28. The number of halogens is 2. The Bertz CT molecular complexity index is 1220. The van der Waals surface area contributed by atoms with Gasteiger partial charge in [0, 0.05) is 24.0 Å². The summed E-state index contributed by atoms with van der Waals surface area (Å²) in [6.45, 7) is 0.614. The van der Waals surface area contributed by atoms with Gasteiger partial charge >= 0.3 is 5.97 Å². The van der Waals surface area contributed by atoms with Crippen LogP contribution in [0.3, 0.4) is 0 Å². The number of fused-ring (bicyclic) bond motifs is 1. The Kier molecular flexibility index (Phi) is 5.76. The summed E-state index contributed by atoms with van der Waals surface area (Å²) in [5, 5.41) is 0.564. The van der Waals surface area contributed by atoms with Gasteiger partial charge in [-0.2, -0.15) is 4.31 Å². The Morgan fingerprint density at radius 3 is 2.57 bits per heavy atom. The van der Waals surface area contributed by atoms with Gasteiger partial charge in [0.2, 0.25) is 10.0 Å². The van der Waals surface area contributed by atoms with E-state index in [1.54, 1.807) is 18.2 Å². The van der Waals surface area contributed by atoms with Gasteiger partial charge in [-0.15, -0.1) is 0 Å². The molecule has 2 aromatic carbocycles. The molecule has 0 spiro atoms. The first kappa shape index (κ1) is 21.1. The van der Waals surface area contributed by atoms with Gasteiger partial charge in [-0.3, -0.25) is 0 Å². The van der Waals surface area contributed by atoms with Crippen LogP contribution in [0.1, 0.15) is 35.0 Å². The number of oxazole rings is 1. The number of sulfonamides is 1. The average molecular weight is 469 g/mol. The SMILES string of the molecule is COC(=O)c1ccc(S(=O)(=O)N2CCC(c3nc4cc(Cl)ccc4o3)CC2)c(Cl)c1. The molecular weight excluding hydrogens is 451 g/mol. The summed E-state index contributed by atoms with van der Waals surface area (Å²) in [6.07, 6.45) is 1.13. The number of nitrogens with zero attached hydrogens (tertiary/aromatic N) is 2. The Balaban J connectivity index is 1.50. The van der Waals surface area contributed by atoms with E-state index in [1.165, 1.54) is 29.6 Å². The van der Waals surface area contributed by atoms with Crippen molar-refractivity contribution in [1.29, 1.82) is 0 Å². The third-order valence-electron chi connectivity index (χ3n) is 5.14. The van der Waals surface area contributed by atoms with Crippen LogP contribution in [0.4, 0.5) is 0 Å². The van der Waals surface area contributed by atoms with Crippen LogP contribution in [0.2, 0.25) is 10.0 Å². The highest BCUT2D eigenvalue weighted by molar-refractivity contribution is 7.89. The van der Waals surface area contributed by atoms with Crippen molar-refractivity contribution in [3.8, 4) is 0 Å². The van der Waals surface area contributed by atoms with Crippen molar-refractivity contribution >= 4 is 50.3 Å². The quantitative estimate of drug-likeness (QED) is 0.523. The summed E-state index contributed by atoms with van der Waals surface area (Å²) in [5.41, 5.74) is 1.53. The predicted molar refractivity (Wildman–Crippen MR) is 113 cm³/mol. The minimum absolute atomic E-state index is 0.0137. The van der Waals surface area contributed by atoms with Gasteiger partial charge in [-0.25, -0.2) is 18.2 Å². The van der Waals surface area contributed by atoms with E-state index in [-0.39, 0.29) is 21.4 Å². The number of methoxy groups -OCH3 is 1. The molecule has 0 amide bonds. The average Bonchev–Trinajstić information content (AvgIpc) is 3.16. The molecule has 0 aliphatic carbocycles. The van der Waals surface area contributed by atoms with Crippen molar-refractivity contribution in [1.82, 2.24) is 9.29 Å². The molecule has 1 aliphatic heterocycles. The molecule has 7 nitrogen and oxygen atoms in total. The van der Waals surface area contributed by atoms with E-state index in [9.17, 15) is 13.2 Å². The molecule has 4 rings (SSSR count). The smallest absolute Gasteiger partial charge is 0.337 e. The minimum atomic E-state index is -3.80. The Morgan fingerprint density at radius 2 is 1.90 bits per heavy atom. The van der Waals surface area contributed by atoms with E-state index in [2.05, 4.69) is 9.72 Å². The minimum Gasteiger partial charge on any atom is -0.465 e. The van der Waals surface area contributed by atoms with Gasteiger partial charge in [0.1, 0.15) is 10.4 Å². The summed E-state index contributed by atoms with van der Waals surface area (Å²) in [7, 11) is -2.55. The summed E-state index contributed by atoms with van der Waals surface area (Å²) in [5.74, 6) is 0.0193. The zero-order valence-electron chi connectivity index (χ0n) is 16.0. The van der Waals surface area contributed by atoms with Gasteiger partial charge in [0.25, 0.3) is 0 Å². The summed E-state index contributed by atoms with van der Waals surface area (Å²) >= 11 is 12.2. The molecule has 158 valence electrons. The molecule has 0 bridgehead atoms. The van der Waals surface area contributed by atoms with Crippen molar-refractivity contribution in [2.75, 3.05) is 20.2 Å². The maximum absolute atomic E-state index is 13.1. The second-order valence-electron chi connectivity index (χ2n) is 6.98. The standard InChI is InChI=1S/C20H18Cl2N2O5S/c1-28-20(25)13-2-5-18(15(22)10-13)30(26,27)24-8-6-12(7-9-24)19-23-16-11-14(21)3-4-17(16)29-19/h2-5,10-12H,6-9H2,1H3. The van der Waals surface area contributed by atoms with Crippen LogP contribution in [-0.2, 0) is 14.8 Å². The highest BCUT2D eigenvalue weighted by atomic mass is 35.5. The van der Waals surface area contributed by atoms with Gasteiger partial charge in [0.05, 0.1) is 17.7 Å². The van der Waals surface area contributed by atoms with Crippen LogP contribution < -0.4 is 0 Å². The number of benzene rings is 2. The predicted octanol–water partition coefficient (Wildman–Crippen LogP) is 4.49. The molecule has 0 radical (unpaired) electrons. The summed E-state index contributed by atoms with van der Waals surface area (Å²) < 4.78 is 38.0. The maximum Gasteiger partial charge on any atom is 0.337 e. The zero-order valence-corrected chi connectivity index (χ0v) is 18.3. The van der Waals surface area contributed by atoms with Crippen molar-refractivity contribution in [3.63, 3.8) is 0 Å². The fraction of sp³-hybridized carbons (Fsp3) is 0.300. The monoisotopic (exact) mass is 468 g/mol. The Hall–Kier alpha value is -2.13. The van der Waals surface area contributed by atoms with E-state index >= 15 is 0 Å². The van der Waals surface area contributed by atoms with Crippen LogP contribution in [-0.4, -0.2) is 43.9 Å². The molecule has 1 aliphatic rings. The third kappa shape index (κ3) is 3.92. The van der Waals surface area contributed by atoms with Crippen molar-refractivity contribution < 1.29 is 22.4 Å². The first-order chi connectivity index (χ1) is 14.3. The fourth-order valence-electron chi connectivity index (χ4n) is 3.53. The summed E-state index contributed by atoms with van der Waals surface area (Å²) in [4.78, 5) is 16.1. The fourth-order valence-corrected chi connectivity index (χ4v) is 5.68. The molecule has 3 aromatic rings. The number of piperidine rings is 1. The topological polar surface area (TPSA) is 89.7 Å². The number of hydrogen-bond donors (Lipinski definition) is 0. The second-order valence-corrected chi connectivity index (χ2v) is 9.73. The van der Waals surface area contributed by atoms with Crippen LogP contribution in [0.5, 0.6) is 0 Å². The lowest BCUT2D eigenvalue weighted by Crippen LogP contribution is -2.38. The lowest BCUT2D eigenvalue weighted by Gasteiger charge is -2.30. The highest BCUT2D eigenvalue weighted by Gasteiger charge is 2.33. The lowest BCUT2D eigenvalue weighted by molar-refractivity contribution is 0.0600. The number of hydrogen-bond acceptors (Lipinski definition) is 6. The van der Waals surface area contributed by atoms with Crippen LogP contribution >= 0.6 is 23.2 Å². The number of ether oxygens (including phenoxy) is 1. The number of rotatable bonds is 4. The molecule has 2 heterocycles. The molecule has 0 unspecified atom stereocenters. The molecule has 0 atom stereocenters. The van der Waals surface area contributed by atoms with Crippen LogP contribution in [0.25, 0.3) is 11.1 Å². The molecule has 30 heavy (non-hydrogen) atoms. The van der Waals surface area contributed by atoms with E-state index in [1.807, 2.05) is 0 Å². The molecular formula is C20H18Cl2N2O5S. The van der Waals surface area contributed by atoms with Crippen molar-refractivity contribution in [2.45, 2.75) is 23.7 Å². The van der Waals surface area contributed by atoms with Crippen molar-refractivity contribution in [2.24, 2.45) is 0 Å². The van der Waals surface area contributed by atoms with E-state index in [4.69, 9.17) is 27.6 Å². The molecule has 1 saturated heterocycles. The Morgan fingerprint density at radius 1 is 1.17 bits per heavy atom. The lowest BCUT2D eigenvalue weighted by atomic mass is 9.98. The van der Waals surface area contributed by atoms with Gasteiger partial charge in [-0.05, 0) is 49.2 Å². The Labute approximate surface area is 183 Å². The molecule has 0 N–H and O–H groups in total. The van der Waals surface area contributed by atoms with E-state index in [0.29, 0.717) is 47.9 Å². The normalized spacial score (nSPS) is 16.1. The zero-order chi connectivity index (χ0) is 21.5. The largest absolute Gasteiger partial charge is 0.465 e. The molecule has 0 saturated carbocycles. The number of carbonyl (C=O) groups is 1. The molecule has 1 fully saturated rings. The molecule has 10 heteroatoms. The maximum atomic E-state index is 13.1. The van der Waals surface area contributed by atoms with Crippen molar-refractivity contribution in [3.05, 3.63) is 57.9 Å². The van der Waals surface area contributed by atoms with Crippen LogP contribution in [0, 0.1) is 0 Å². The van der Waals surface area contributed by atoms with Gasteiger partial charge in [0.15, 0.2) is 11.5 Å². The third-order valence-corrected chi connectivity index (χ3v) is 7.76. The number of carbonyl (C=O) groups excluding carboxylic acids is 1. The van der Waals surface area contributed by atoms with Crippen LogP contribution in [0.15, 0.2) is 45.7 Å². The first-order valence-electron chi connectivity index (χ1n) is 9.23. The van der Waals surface area contributed by atoms with E-state index in [0.717, 1.165) is 0 Å². The number of esters is 1.